The summed E-state index contributed by atoms with van der Waals surface area (Å²) < 4.78 is 24.1. The number of rotatable bonds is 4. The maximum absolute atomic E-state index is 13.6. The van der Waals surface area contributed by atoms with Crippen LogP contribution in [0.15, 0.2) is 18.2 Å². The Morgan fingerprint density at radius 2 is 2.10 bits per heavy atom. The van der Waals surface area contributed by atoms with Gasteiger partial charge in [0.25, 0.3) is 0 Å². The molecule has 0 aliphatic heterocycles. The molecule has 1 aromatic carbocycles. The largest absolute Gasteiger partial charge is 0.469 e. The highest BCUT2D eigenvalue weighted by atomic mass is 19.1. The molecule has 2 rings (SSSR count). The van der Waals surface area contributed by atoms with Crippen LogP contribution < -0.4 is 0 Å². The Balaban J connectivity index is 1.85. The summed E-state index contributed by atoms with van der Waals surface area (Å²) in [5.41, 5.74) is 0.813. The van der Waals surface area contributed by atoms with Gasteiger partial charge in [-0.25, -0.2) is 4.39 Å². The molecule has 0 bridgehead atoms. The van der Waals surface area contributed by atoms with Crippen molar-refractivity contribution in [3.8, 4) is 6.07 Å². The highest BCUT2D eigenvalue weighted by Gasteiger charge is 2.27. The van der Waals surface area contributed by atoms with E-state index in [1.54, 1.807) is 0 Å². The summed E-state index contributed by atoms with van der Waals surface area (Å²) in [7, 11) is 1.40. The fraction of sp³-hybridized carbons (Fsp3) is 0.500. The minimum Gasteiger partial charge on any atom is -0.469 e. The highest BCUT2D eigenvalue weighted by Crippen LogP contribution is 2.28. The summed E-state index contributed by atoms with van der Waals surface area (Å²) in [6, 6.07) is 6.22. The van der Waals surface area contributed by atoms with Crippen LogP contribution in [0.25, 0.3) is 0 Å². The standard InChI is InChI=1S/C16H18FNO3/c1-20-16(19)12-3-5-14(6-4-12)21-10-13-8-11(9-18)2-7-15(13)17/h2,7-8,12,14H,3-6,10H2,1H3. The average molecular weight is 291 g/mol. The van der Waals surface area contributed by atoms with Crippen molar-refractivity contribution in [1.29, 1.82) is 5.26 Å². The first kappa shape index (κ1) is 15.5. The smallest absolute Gasteiger partial charge is 0.308 e. The van der Waals surface area contributed by atoms with E-state index in [4.69, 9.17) is 14.7 Å². The molecule has 1 fully saturated rings. The van der Waals surface area contributed by atoms with Gasteiger partial charge in [0.05, 0.1) is 37.4 Å². The molecule has 0 radical (unpaired) electrons. The lowest BCUT2D eigenvalue weighted by molar-refractivity contribution is -0.147. The van der Waals surface area contributed by atoms with Gasteiger partial charge in [0.2, 0.25) is 0 Å². The van der Waals surface area contributed by atoms with Crippen LogP contribution in [0.2, 0.25) is 0 Å². The molecule has 0 aromatic heterocycles. The number of halogens is 1. The van der Waals surface area contributed by atoms with E-state index in [0.717, 1.165) is 25.7 Å². The zero-order valence-electron chi connectivity index (χ0n) is 12.0. The summed E-state index contributed by atoms with van der Waals surface area (Å²) in [6.07, 6.45) is 3.02. The van der Waals surface area contributed by atoms with E-state index in [2.05, 4.69) is 0 Å². The van der Waals surface area contributed by atoms with Crippen LogP contribution in [0.4, 0.5) is 4.39 Å². The molecular formula is C16H18FNO3. The Labute approximate surface area is 123 Å². The van der Waals surface area contributed by atoms with Crippen LogP contribution in [-0.4, -0.2) is 19.2 Å². The molecule has 0 N–H and O–H groups in total. The zero-order chi connectivity index (χ0) is 15.2. The fourth-order valence-electron chi connectivity index (χ4n) is 2.59. The SMILES string of the molecule is COC(=O)C1CCC(OCc2cc(C#N)ccc2F)CC1. The van der Waals surface area contributed by atoms with Crippen molar-refractivity contribution in [2.75, 3.05) is 7.11 Å². The summed E-state index contributed by atoms with van der Waals surface area (Å²) in [6.45, 7) is 0.148. The number of nitrogens with zero attached hydrogens (tertiary/aromatic N) is 1. The average Bonchev–Trinajstić information content (AvgIpc) is 2.54. The van der Waals surface area contributed by atoms with Gasteiger partial charge in [-0.1, -0.05) is 0 Å². The second-order valence-electron chi connectivity index (χ2n) is 5.23. The number of esters is 1. The van der Waals surface area contributed by atoms with Gasteiger partial charge in [-0.3, -0.25) is 4.79 Å². The topological polar surface area (TPSA) is 59.3 Å². The number of hydrogen-bond donors (Lipinski definition) is 0. The molecule has 1 saturated carbocycles. The lowest BCUT2D eigenvalue weighted by atomic mass is 9.87. The van der Waals surface area contributed by atoms with Gasteiger partial charge in [0, 0.05) is 5.56 Å². The second-order valence-corrected chi connectivity index (χ2v) is 5.23. The van der Waals surface area contributed by atoms with Gasteiger partial charge in [-0.15, -0.1) is 0 Å². The minimum atomic E-state index is -0.364. The molecule has 0 heterocycles. The van der Waals surface area contributed by atoms with E-state index in [9.17, 15) is 9.18 Å². The number of nitriles is 1. The molecule has 112 valence electrons. The summed E-state index contributed by atoms with van der Waals surface area (Å²) in [5.74, 6) is -0.577. The van der Waals surface area contributed by atoms with E-state index in [-0.39, 0.29) is 30.4 Å². The van der Waals surface area contributed by atoms with Crippen molar-refractivity contribution >= 4 is 5.97 Å². The minimum absolute atomic E-state index is 0.0241. The van der Waals surface area contributed by atoms with Crippen molar-refractivity contribution in [2.24, 2.45) is 5.92 Å². The molecular weight excluding hydrogens is 273 g/mol. The number of benzene rings is 1. The zero-order valence-corrected chi connectivity index (χ0v) is 12.0. The molecule has 5 heteroatoms. The number of hydrogen-bond acceptors (Lipinski definition) is 4. The van der Waals surface area contributed by atoms with Crippen LogP contribution in [0, 0.1) is 23.1 Å². The predicted octanol–water partition coefficient (Wildman–Crippen LogP) is 2.95. The molecule has 0 saturated heterocycles. The van der Waals surface area contributed by atoms with Gasteiger partial charge in [-0.2, -0.15) is 5.26 Å². The Bertz CT molecular complexity index is 545. The molecule has 1 aliphatic carbocycles. The molecule has 1 aliphatic rings. The summed E-state index contributed by atoms with van der Waals surface area (Å²) in [4.78, 5) is 11.4. The van der Waals surface area contributed by atoms with Crippen molar-refractivity contribution in [2.45, 2.75) is 38.4 Å². The van der Waals surface area contributed by atoms with Gasteiger partial charge in [-0.05, 0) is 43.9 Å². The molecule has 4 nitrogen and oxygen atoms in total. The van der Waals surface area contributed by atoms with Crippen molar-refractivity contribution in [3.63, 3.8) is 0 Å². The molecule has 1 aromatic rings. The van der Waals surface area contributed by atoms with Crippen LogP contribution >= 0.6 is 0 Å². The third-order valence-electron chi connectivity index (χ3n) is 3.86. The third kappa shape index (κ3) is 4.02. The number of ether oxygens (including phenoxy) is 2. The van der Waals surface area contributed by atoms with Crippen LogP contribution in [0.3, 0.4) is 0 Å². The maximum atomic E-state index is 13.6. The molecule has 0 atom stereocenters. The fourth-order valence-corrected chi connectivity index (χ4v) is 2.59. The number of carbonyl (C=O) groups is 1. The van der Waals surface area contributed by atoms with Crippen LogP contribution in [0.5, 0.6) is 0 Å². The third-order valence-corrected chi connectivity index (χ3v) is 3.86. The predicted molar refractivity (Wildman–Crippen MR) is 73.7 cm³/mol. The second kappa shape index (κ2) is 7.19. The van der Waals surface area contributed by atoms with E-state index in [1.807, 2.05) is 6.07 Å². The molecule has 0 unspecified atom stereocenters. The van der Waals surface area contributed by atoms with Gasteiger partial charge in [0.15, 0.2) is 0 Å². The first-order valence-electron chi connectivity index (χ1n) is 7.02. The Morgan fingerprint density at radius 3 is 2.71 bits per heavy atom. The Hall–Kier alpha value is -1.93. The monoisotopic (exact) mass is 291 g/mol. The van der Waals surface area contributed by atoms with Crippen molar-refractivity contribution in [1.82, 2.24) is 0 Å². The van der Waals surface area contributed by atoms with Gasteiger partial charge < -0.3 is 9.47 Å². The van der Waals surface area contributed by atoms with Crippen molar-refractivity contribution < 1.29 is 18.7 Å². The van der Waals surface area contributed by atoms with E-state index in [0.29, 0.717) is 11.1 Å². The Morgan fingerprint density at radius 1 is 1.38 bits per heavy atom. The van der Waals surface area contributed by atoms with E-state index < -0.39 is 0 Å². The van der Waals surface area contributed by atoms with Crippen LogP contribution in [-0.2, 0) is 20.9 Å². The summed E-state index contributed by atoms with van der Waals surface area (Å²) >= 11 is 0. The molecule has 21 heavy (non-hydrogen) atoms. The normalized spacial score (nSPS) is 21.6. The van der Waals surface area contributed by atoms with Crippen LogP contribution in [0.1, 0.15) is 36.8 Å². The quantitative estimate of drug-likeness (QED) is 0.800. The lowest BCUT2D eigenvalue weighted by Crippen LogP contribution is -2.27. The van der Waals surface area contributed by atoms with E-state index >= 15 is 0 Å². The highest BCUT2D eigenvalue weighted by molar-refractivity contribution is 5.72. The molecule has 0 spiro atoms. The number of methoxy groups -OCH3 is 1. The van der Waals surface area contributed by atoms with E-state index in [1.165, 1.54) is 25.3 Å². The van der Waals surface area contributed by atoms with Crippen molar-refractivity contribution in [3.05, 3.63) is 35.1 Å². The van der Waals surface area contributed by atoms with Gasteiger partial charge in [0.1, 0.15) is 5.82 Å². The first-order valence-corrected chi connectivity index (χ1v) is 7.02. The lowest BCUT2D eigenvalue weighted by Gasteiger charge is -2.27. The van der Waals surface area contributed by atoms with Gasteiger partial charge >= 0.3 is 5.97 Å². The first-order chi connectivity index (χ1) is 10.1. The summed E-state index contributed by atoms with van der Waals surface area (Å²) in [5, 5.41) is 8.82. The number of carbonyl (C=O) groups excluding carboxylic acids is 1. The Kier molecular flexibility index (Phi) is 5.29. The maximum Gasteiger partial charge on any atom is 0.308 e. The molecule has 0 amide bonds.